The van der Waals surface area contributed by atoms with E-state index in [2.05, 4.69) is 9.80 Å². The van der Waals surface area contributed by atoms with Crippen LogP contribution in [0.3, 0.4) is 0 Å². The Balaban J connectivity index is 1.19. The molecular formula is C30H31ClFN3O4S. The van der Waals surface area contributed by atoms with Crippen LogP contribution >= 0.6 is 11.6 Å². The number of fused-ring (bicyclic) bond motifs is 2. The van der Waals surface area contributed by atoms with Crippen LogP contribution in [0.2, 0.25) is 5.02 Å². The lowest BCUT2D eigenvalue weighted by Gasteiger charge is -2.43. The van der Waals surface area contributed by atoms with Gasteiger partial charge < -0.3 is 19.8 Å². The van der Waals surface area contributed by atoms with Crippen LogP contribution in [0.5, 0.6) is 5.75 Å². The Bertz CT molecular complexity index is 1520. The number of nitrogens with zero attached hydrogens (tertiary/aromatic N) is 3. The second-order valence-corrected chi connectivity index (χ2v) is 13.5. The van der Waals surface area contributed by atoms with Gasteiger partial charge in [-0.05, 0) is 74.2 Å². The summed E-state index contributed by atoms with van der Waals surface area (Å²) in [5.74, 6) is -0.737. The molecule has 10 heteroatoms. The lowest BCUT2D eigenvalue weighted by Crippen LogP contribution is -2.55. The Morgan fingerprint density at radius 3 is 2.23 bits per heavy atom. The van der Waals surface area contributed by atoms with Gasteiger partial charge in [-0.25, -0.2) is 12.8 Å². The highest BCUT2D eigenvalue weighted by Crippen LogP contribution is 2.41. The van der Waals surface area contributed by atoms with Crippen molar-refractivity contribution in [1.29, 1.82) is 0 Å². The Kier molecular flexibility index (Phi) is 7.12. The Morgan fingerprint density at radius 2 is 1.57 bits per heavy atom. The molecule has 210 valence electrons. The Hall–Kier alpha value is -3.30. The maximum absolute atomic E-state index is 13.7. The number of likely N-dealkylation sites (tertiary alicyclic amines) is 1. The number of hydrogen-bond acceptors (Lipinski definition) is 6. The third kappa shape index (κ3) is 4.90. The molecule has 0 spiro atoms. The zero-order valence-corrected chi connectivity index (χ0v) is 23.5. The SMILES string of the molecule is O=C(c1ccc(F)cc1Cl)N1C[C@H]2CC[C@@H](C1)N2c1cc(S(=O)(=O)C2CCN(c3ccccc3)CC2)ccc1O. The molecular weight excluding hydrogens is 553 g/mol. The van der Waals surface area contributed by atoms with E-state index in [9.17, 15) is 22.7 Å². The van der Waals surface area contributed by atoms with E-state index in [-0.39, 0.29) is 39.2 Å². The summed E-state index contributed by atoms with van der Waals surface area (Å²) in [6.07, 6.45) is 2.68. The highest BCUT2D eigenvalue weighted by Gasteiger charge is 2.43. The minimum Gasteiger partial charge on any atom is -0.506 e. The first-order chi connectivity index (χ1) is 19.2. The number of rotatable bonds is 5. The van der Waals surface area contributed by atoms with Crippen LogP contribution in [0.15, 0.2) is 71.6 Å². The number of piperidine rings is 1. The summed E-state index contributed by atoms with van der Waals surface area (Å²) in [5, 5.41) is 10.4. The Labute approximate surface area is 238 Å². The van der Waals surface area contributed by atoms with Gasteiger partial charge in [-0.1, -0.05) is 29.8 Å². The summed E-state index contributed by atoms with van der Waals surface area (Å²) < 4.78 is 40.9. The van der Waals surface area contributed by atoms with Gasteiger partial charge in [0.05, 0.1) is 26.4 Å². The van der Waals surface area contributed by atoms with Crippen molar-refractivity contribution in [3.63, 3.8) is 0 Å². The molecule has 0 radical (unpaired) electrons. The van der Waals surface area contributed by atoms with Crippen molar-refractivity contribution >= 4 is 38.7 Å². The van der Waals surface area contributed by atoms with Gasteiger partial charge in [0.2, 0.25) is 0 Å². The van der Waals surface area contributed by atoms with Crippen LogP contribution < -0.4 is 9.80 Å². The van der Waals surface area contributed by atoms with Gasteiger partial charge in [0, 0.05) is 44.0 Å². The van der Waals surface area contributed by atoms with Gasteiger partial charge in [0.25, 0.3) is 5.91 Å². The van der Waals surface area contributed by atoms with Crippen LogP contribution in [0.25, 0.3) is 0 Å². The van der Waals surface area contributed by atoms with Crippen LogP contribution in [-0.2, 0) is 9.84 Å². The number of carbonyl (C=O) groups excluding carboxylic acids is 1. The zero-order chi connectivity index (χ0) is 28.0. The van der Waals surface area contributed by atoms with Crippen molar-refractivity contribution in [3.8, 4) is 5.75 Å². The molecule has 0 aromatic heterocycles. The molecule has 3 heterocycles. The third-order valence-electron chi connectivity index (χ3n) is 8.49. The predicted octanol–water partition coefficient (Wildman–Crippen LogP) is 5.12. The fourth-order valence-electron chi connectivity index (χ4n) is 6.44. The van der Waals surface area contributed by atoms with Crippen molar-refractivity contribution < 1.29 is 22.7 Å². The molecule has 2 atom stereocenters. The molecule has 3 aromatic rings. The fraction of sp³-hybridized carbons (Fsp3) is 0.367. The smallest absolute Gasteiger partial charge is 0.255 e. The molecule has 3 saturated heterocycles. The first-order valence-corrected chi connectivity index (χ1v) is 15.5. The number of amides is 1. The van der Waals surface area contributed by atoms with Crippen LogP contribution in [0, 0.1) is 5.82 Å². The normalized spacial score (nSPS) is 21.6. The molecule has 3 fully saturated rings. The summed E-state index contributed by atoms with van der Waals surface area (Å²) in [5.41, 5.74) is 1.84. The van der Waals surface area contributed by atoms with Gasteiger partial charge in [-0.3, -0.25) is 4.79 Å². The number of aromatic hydroxyl groups is 1. The number of benzene rings is 3. The third-order valence-corrected chi connectivity index (χ3v) is 11.1. The lowest BCUT2D eigenvalue weighted by molar-refractivity contribution is 0.0718. The van der Waals surface area contributed by atoms with E-state index in [0.29, 0.717) is 44.7 Å². The first-order valence-electron chi connectivity index (χ1n) is 13.6. The van der Waals surface area contributed by atoms with Crippen molar-refractivity contribution in [2.24, 2.45) is 0 Å². The molecule has 0 saturated carbocycles. The van der Waals surface area contributed by atoms with E-state index in [1.807, 2.05) is 30.3 Å². The standard InChI is InChI=1S/C30H31ClFN3O4S/c31-27-16-20(32)6-10-26(27)30(37)34-18-22-7-8-23(19-34)35(22)28-17-25(9-11-29(28)36)40(38,39)24-12-14-33(15-13-24)21-4-2-1-3-5-21/h1-6,9-11,16-17,22-24,36H,7-8,12-15,18-19H2/t22-,23+. The van der Waals surface area contributed by atoms with Gasteiger partial charge in [0.15, 0.2) is 9.84 Å². The average molecular weight is 584 g/mol. The van der Waals surface area contributed by atoms with Crippen LogP contribution in [0.4, 0.5) is 15.8 Å². The number of piperazine rings is 1. The van der Waals surface area contributed by atoms with Gasteiger partial charge >= 0.3 is 0 Å². The van der Waals surface area contributed by atoms with E-state index < -0.39 is 20.9 Å². The number of phenolic OH excluding ortho intramolecular Hbond substituents is 1. The number of anilines is 2. The van der Waals surface area contributed by atoms with E-state index in [1.165, 1.54) is 24.3 Å². The predicted molar refractivity (Wildman–Crippen MR) is 154 cm³/mol. The zero-order valence-electron chi connectivity index (χ0n) is 21.9. The molecule has 3 aliphatic heterocycles. The highest BCUT2D eigenvalue weighted by molar-refractivity contribution is 7.92. The van der Waals surface area contributed by atoms with Crippen molar-refractivity contribution in [2.45, 2.75) is 47.9 Å². The minimum atomic E-state index is -3.60. The molecule has 0 aliphatic carbocycles. The number of sulfone groups is 1. The molecule has 40 heavy (non-hydrogen) atoms. The summed E-state index contributed by atoms with van der Waals surface area (Å²) in [6, 6.07) is 18.2. The molecule has 1 amide bonds. The fourth-order valence-corrected chi connectivity index (χ4v) is 8.44. The number of phenols is 1. The maximum Gasteiger partial charge on any atom is 0.255 e. The summed E-state index contributed by atoms with van der Waals surface area (Å²) in [4.78, 5) is 19.4. The monoisotopic (exact) mass is 583 g/mol. The van der Waals surface area contributed by atoms with E-state index in [1.54, 1.807) is 11.0 Å². The van der Waals surface area contributed by atoms with Gasteiger partial charge in [-0.15, -0.1) is 0 Å². The van der Waals surface area contributed by atoms with E-state index in [4.69, 9.17) is 11.6 Å². The van der Waals surface area contributed by atoms with Crippen molar-refractivity contribution in [1.82, 2.24) is 4.90 Å². The molecule has 2 bridgehead atoms. The molecule has 6 rings (SSSR count). The van der Waals surface area contributed by atoms with Crippen molar-refractivity contribution in [3.05, 3.63) is 83.1 Å². The second-order valence-electron chi connectivity index (χ2n) is 10.8. The highest BCUT2D eigenvalue weighted by atomic mass is 35.5. The summed E-state index contributed by atoms with van der Waals surface area (Å²) in [6.45, 7) is 2.13. The molecule has 0 unspecified atom stereocenters. The largest absolute Gasteiger partial charge is 0.506 e. The molecule has 7 nitrogen and oxygen atoms in total. The average Bonchev–Trinajstić information content (AvgIpc) is 3.21. The van der Waals surface area contributed by atoms with Gasteiger partial charge in [0.1, 0.15) is 11.6 Å². The maximum atomic E-state index is 13.7. The van der Waals surface area contributed by atoms with Crippen molar-refractivity contribution in [2.75, 3.05) is 36.0 Å². The summed E-state index contributed by atoms with van der Waals surface area (Å²) >= 11 is 6.15. The number of halogens is 2. The minimum absolute atomic E-state index is 0.0242. The number of carbonyl (C=O) groups is 1. The van der Waals surface area contributed by atoms with E-state index >= 15 is 0 Å². The van der Waals surface area contributed by atoms with Gasteiger partial charge in [-0.2, -0.15) is 0 Å². The molecule has 1 N–H and O–H groups in total. The topological polar surface area (TPSA) is 81.2 Å². The number of para-hydroxylation sites is 1. The lowest BCUT2D eigenvalue weighted by atomic mass is 10.1. The molecule has 3 aromatic carbocycles. The molecule has 3 aliphatic rings. The van der Waals surface area contributed by atoms with Crippen LogP contribution in [-0.4, -0.2) is 67.8 Å². The van der Waals surface area contributed by atoms with Crippen LogP contribution in [0.1, 0.15) is 36.0 Å². The quantitative estimate of drug-likeness (QED) is 0.449. The first kappa shape index (κ1) is 26.9. The summed E-state index contributed by atoms with van der Waals surface area (Å²) in [7, 11) is -3.60. The second kappa shape index (κ2) is 10.6. The Morgan fingerprint density at radius 1 is 0.900 bits per heavy atom. The van der Waals surface area contributed by atoms with E-state index in [0.717, 1.165) is 24.6 Å². The number of hydrogen-bond donors (Lipinski definition) is 1.